The maximum absolute atomic E-state index is 12.9. The van der Waals surface area contributed by atoms with Crippen LogP contribution >= 0.6 is 0 Å². The molecule has 35 heavy (non-hydrogen) atoms. The third-order valence-electron chi connectivity index (χ3n) is 6.25. The van der Waals surface area contributed by atoms with Gasteiger partial charge in [0, 0.05) is 32.1 Å². The maximum Gasteiger partial charge on any atom is 0.411 e. The number of imide groups is 1. The molecule has 2 aromatic rings. The van der Waals surface area contributed by atoms with Gasteiger partial charge in [-0.15, -0.1) is 0 Å². The van der Waals surface area contributed by atoms with Gasteiger partial charge in [-0.1, -0.05) is 36.4 Å². The zero-order valence-corrected chi connectivity index (χ0v) is 20.4. The van der Waals surface area contributed by atoms with Gasteiger partial charge in [0.2, 0.25) is 5.91 Å². The Bertz CT molecular complexity index is 1170. The predicted octanol–water partition coefficient (Wildman–Crippen LogP) is 3.08. The largest absolute Gasteiger partial charge is 0.444 e. The van der Waals surface area contributed by atoms with Crippen LogP contribution in [0.2, 0.25) is 0 Å². The summed E-state index contributed by atoms with van der Waals surface area (Å²) in [6.07, 6.45) is 0.221. The average Bonchev–Trinajstić information content (AvgIpc) is 3.26. The highest BCUT2D eigenvalue weighted by atomic mass is 16.6. The minimum absolute atomic E-state index is 0.190. The van der Waals surface area contributed by atoms with Crippen molar-refractivity contribution in [1.29, 1.82) is 0 Å². The van der Waals surface area contributed by atoms with Crippen LogP contribution in [0.25, 0.3) is 0 Å². The molecule has 9 heteroatoms. The molecule has 0 unspecified atom stereocenters. The minimum Gasteiger partial charge on any atom is -0.444 e. The first-order valence-corrected chi connectivity index (χ1v) is 11.5. The summed E-state index contributed by atoms with van der Waals surface area (Å²) in [5.74, 6) is -0.675. The predicted molar refractivity (Wildman–Crippen MR) is 130 cm³/mol. The van der Waals surface area contributed by atoms with Gasteiger partial charge in [0.05, 0.1) is 0 Å². The number of hydrogen-bond donors (Lipinski definition) is 2. The van der Waals surface area contributed by atoms with Crippen molar-refractivity contribution < 1.29 is 23.9 Å². The Morgan fingerprint density at radius 3 is 2.40 bits per heavy atom. The van der Waals surface area contributed by atoms with Crippen molar-refractivity contribution >= 4 is 29.6 Å². The number of amides is 5. The molecular formula is C26H30N4O5. The number of carbonyl (C=O) groups excluding carboxylic acids is 4. The minimum atomic E-state index is -0.925. The molecule has 0 radical (unpaired) electrons. The fourth-order valence-corrected chi connectivity index (χ4v) is 4.46. The lowest BCUT2D eigenvalue weighted by Gasteiger charge is -2.27. The zero-order valence-electron chi connectivity index (χ0n) is 20.4. The summed E-state index contributed by atoms with van der Waals surface area (Å²) in [6, 6.07) is 14.4. The van der Waals surface area contributed by atoms with Crippen molar-refractivity contribution in [1.82, 2.24) is 15.1 Å². The summed E-state index contributed by atoms with van der Waals surface area (Å²) in [7, 11) is 1.62. The molecule has 9 nitrogen and oxygen atoms in total. The molecular weight excluding hydrogens is 448 g/mol. The quantitative estimate of drug-likeness (QED) is 0.642. The molecule has 1 heterocycles. The van der Waals surface area contributed by atoms with E-state index in [2.05, 4.69) is 10.6 Å². The van der Waals surface area contributed by atoms with E-state index in [0.29, 0.717) is 18.5 Å². The summed E-state index contributed by atoms with van der Waals surface area (Å²) in [5.41, 5.74) is 1.67. The summed E-state index contributed by atoms with van der Waals surface area (Å²) in [4.78, 5) is 53.0. The molecule has 1 spiro atoms. The molecule has 5 amide bonds. The van der Waals surface area contributed by atoms with Crippen LogP contribution in [0.5, 0.6) is 0 Å². The highest BCUT2D eigenvalue weighted by molar-refractivity contribution is 6.07. The van der Waals surface area contributed by atoms with E-state index in [1.807, 2.05) is 42.5 Å². The highest BCUT2D eigenvalue weighted by Crippen LogP contribution is 2.38. The lowest BCUT2D eigenvalue weighted by Crippen LogP contribution is -2.48. The van der Waals surface area contributed by atoms with Gasteiger partial charge in [0.15, 0.2) is 0 Å². The lowest BCUT2D eigenvalue weighted by molar-refractivity contribution is -0.125. The Balaban J connectivity index is 1.46. The van der Waals surface area contributed by atoms with Crippen LogP contribution in [0.1, 0.15) is 37.5 Å². The standard InChI is InChI=1S/C26H30N4O5/c1-25(2,3)35-24(34)30(15-17-8-6-5-7-9-17)16-21(31)27-20-11-10-18-13-26(14-19(18)12-20)22(32)28-23(33)29(26)4/h5-12H,13-16H2,1-4H3,(H,27,31)(H,28,32,33)/t26-/m0/s1. The second-order valence-electron chi connectivity index (χ2n) is 10.1. The second kappa shape index (κ2) is 9.05. The van der Waals surface area contributed by atoms with E-state index < -0.39 is 23.3 Å². The van der Waals surface area contributed by atoms with Gasteiger partial charge in [-0.05, 0) is 49.6 Å². The molecule has 1 aliphatic carbocycles. The summed E-state index contributed by atoms with van der Waals surface area (Å²) in [5, 5.41) is 5.22. The number of nitrogens with zero attached hydrogens (tertiary/aromatic N) is 2. The van der Waals surface area contributed by atoms with Crippen LogP contribution in [0.15, 0.2) is 48.5 Å². The molecule has 1 saturated heterocycles. The van der Waals surface area contributed by atoms with Crippen molar-refractivity contribution in [3.63, 3.8) is 0 Å². The normalized spacial score (nSPS) is 18.9. The Morgan fingerprint density at radius 1 is 1.09 bits per heavy atom. The lowest BCUT2D eigenvalue weighted by atomic mass is 9.95. The summed E-state index contributed by atoms with van der Waals surface area (Å²) in [6.45, 7) is 5.37. The van der Waals surface area contributed by atoms with Gasteiger partial charge in [-0.3, -0.25) is 19.8 Å². The molecule has 1 atom stereocenters. The van der Waals surface area contributed by atoms with E-state index >= 15 is 0 Å². The van der Waals surface area contributed by atoms with E-state index in [-0.39, 0.29) is 24.9 Å². The van der Waals surface area contributed by atoms with Crippen LogP contribution in [0, 0.1) is 0 Å². The van der Waals surface area contributed by atoms with Gasteiger partial charge >= 0.3 is 12.1 Å². The van der Waals surface area contributed by atoms with Gasteiger partial charge in [0.25, 0.3) is 5.91 Å². The maximum atomic E-state index is 12.9. The summed E-state index contributed by atoms with van der Waals surface area (Å²) >= 11 is 0. The molecule has 0 saturated carbocycles. The van der Waals surface area contributed by atoms with Crippen LogP contribution in [0.4, 0.5) is 15.3 Å². The number of benzene rings is 2. The number of fused-ring (bicyclic) bond motifs is 1. The number of rotatable bonds is 5. The van der Waals surface area contributed by atoms with Crippen LogP contribution in [-0.4, -0.2) is 58.5 Å². The number of nitrogens with one attached hydrogen (secondary N) is 2. The Labute approximate surface area is 204 Å². The van der Waals surface area contributed by atoms with Crippen molar-refractivity contribution in [3.8, 4) is 0 Å². The third-order valence-corrected chi connectivity index (χ3v) is 6.25. The van der Waals surface area contributed by atoms with Gasteiger partial charge in [-0.25, -0.2) is 9.59 Å². The van der Waals surface area contributed by atoms with Crippen LogP contribution < -0.4 is 10.6 Å². The number of ether oxygens (including phenoxy) is 1. The zero-order chi connectivity index (χ0) is 25.4. The number of carbonyl (C=O) groups is 4. The molecule has 0 bridgehead atoms. The first kappa shape index (κ1) is 24.3. The molecule has 184 valence electrons. The molecule has 1 fully saturated rings. The van der Waals surface area contributed by atoms with E-state index in [4.69, 9.17) is 4.74 Å². The van der Waals surface area contributed by atoms with Crippen LogP contribution in [0.3, 0.4) is 0 Å². The van der Waals surface area contributed by atoms with Crippen molar-refractivity contribution in [2.75, 3.05) is 18.9 Å². The first-order chi connectivity index (χ1) is 16.5. The van der Waals surface area contributed by atoms with E-state index in [9.17, 15) is 19.2 Å². The Morgan fingerprint density at radius 2 is 1.77 bits per heavy atom. The third kappa shape index (κ3) is 5.13. The number of urea groups is 1. The molecule has 1 aliphatic heterocycles. The van der Waals surface area contributed by atoms with Gasteiger partial charge in [0.1, 0.15) is 17.7 Å². The average molecular weight is 479 g/mol. The Hall–Kier alpha value is -3.88. The monoisotopic (exact) mass is 478 g/mol. The topological polar surface area (TPSA) is 108 Å². The van der Waals surface area contributed by atoms with Gasteiger partial charge < -0.3 is 15.0 Å². The molecule has 2 N–H and O–H groups in total. The van der Waals surface area contributed by atoms with E-state index in [0.717, 1.165) is 16.7 Å². The highest BCUT2D eigenvalue weighted by Gasteiger charge is 2.54. The fraction of sp³-hybridized carbons (Fsp3) is 0.385. The smallest absolute Gasteiger partial charge is 0.411 e. The van der Waals surface area contributed by atoms with Crippen molar-refractivity contribution in [2.45, 2.75) is 51.3 Å². The number of likely N-dealkylation sites (N-methyl/N-ethyl adjacent to an activating group) is 1. The van der Waals surface area contributed by atoms with Crippen LogP contribution in [-0.2, 0) is 33.7 Å². The number of hydrogen-bond acceptors (Lipinski definition) is 5. The Kier molecular flexibility index (Phi) is 6.27. The summed E-state index contributed by atoms with van der Waals surface area (Å²) < 4.78 is 5.50. The van der Waals surface area contributed by atoms with E-state index in [1.165, 1.54) is 9.80 Å². The fourth-order valence-electron chi connectivity index (χ4n) is 4.46. The van der Waals surface area contributed by atoms with Crippen molar-refractivity contribution in [2.24, 2.45) is 0 Å². The second-order valence-corrected chi connectivity index (χ2v) is 10.1. The van der Waals surface area contributed by atoms with Crippen molar-refractivity contribution in [3.05, 3.63) is 65.2 Å². The van der Waals surface area contributed by atoms with Gasteiger partial charge in [-0.2, -0.15) is 0 Å². The molecule has 0 aromatic heterocycles. The first-order valence-electron chi connectivity index (χ1n) is 11.5. The molecule has 2 aliphatic rings. The SMILES string of the molecule is CN1C(=O)NC(=O)[C@@]12Cc1ccc(NC(=O)CN(Cc3ccccc3)C(=O)OC(C)(C)C)cc1C2. The molecule has 2 aromatic carbocycles. The van der Waals surface area contributed by atoms with E-state index in [1.54, 1.807) is 33.9 Å². The number of anilines is 1. The molecule has 4 rings (SSSR count).